The SMILES string of the molecule is CCOc1ccc(N2CC=C[C@@H]3O[C@]45C=CCN(C6CCCCC6)C(=O)C4N(CCCO)C(=O)[C@@H]5[C@@H]3C2=O)cc1. The molecule has 1 saturated carbocycles. The van der Waals surface area contributed by atoms with Crippen LogP contribution in [0.5, 0.6) is 5.75 Å². The molecule has 40 heavy (non-hydrogen) atoms. The number of hydrogen-bond acceptors (Lipinski definition) is 6. The minimum Gasteiger partial charge on any atom is -0.494 e. The molecule has 1 spiro atoms. The highest BCUT2D eigenvalue weighted by atomic mass is 16.5. The highest BCUT2D eigenvalue weighted by Crippen LogP contribution is 2.54. The summed E-state index contributed by atoms with van der Waals surface area (Å²) >= 11 is 0. The van der Waals surface area contributed by atoms with Crippen molar-refractivity contribution >= 4 is 23.4 Å². The molecule has 5 aliphatic rings. The number of anilines is 1. The van der Waals surface area contributed by atoms with Gasteiger partial charge in [0.2, 0.25) is 17.7 Å². The lowest BCUT2D eigenvalue weighted by Gasteiger charge is -2.39. The molecule has 4 aliphatic heterocycles. The second-order valence-corrected chi connectivity index (χ2v) is 11.4. The zero-order chi connectivity index (χ0) is 27.9. The molecule has 3 amide bonds. The van der Waals surface area contributed by atoms with Crippen LogP contribution in [0, 0.1) is 11.8 Å². The van der Waals surface area contributed by atoms with Gasteiger partial charge in [-0.15, -0.1) is 0 Å². The monoisotopic (exact) mass is 549 g/mol. The van der Waals surface area contributed by atoms with Gasteiger partial charge in [0.15, 0.2) is 0 Å². The molecule has 4 heterocycles. The van der Waals surface area contributed by atoms with Crippen LogP contribution in [-0.4, -0.2) is 89.3 Å². The molecule has 2 saturated heterocycles. The Morgan fingerprint density at radius 1 is 1.00 bits per heavy atom. The summed E-state index contributed by atoms with van der Waals surface area (Å²) in [5.74, 6) is -1.41. The number of amides is 3. The highest BCUT2D eigenvalue weighted by molar-refractivity contribution is 6.03. The molecule has 3 fully saturated rings. The largest absolute Gasteiger partial charge is 0.494 e. The molecular weight excluding hydrogens is 510 g/mol. The zero-order valence-corrected chi connectivity index (χ0v) is 23.1. The number of likely N-dealkylation sites (tertiary alicyclic amines) is 1. The third kappa shape index (κ3) is 4.34. The molecule has 1 aromatic carbocycles. The van der Waals surface area contributed by atoms with Gasteiger partial charge in [0, 0.05) is 38.0 Å². The van der Waals surface area contributed by atoms with Gasteiger partial charge in [-0.3, -0.25) is 14.4 Å². The molecule has 1 aliphatic carbocycles. The summed E-state index contributed by atoms with van der Waals surface area (Å²) in [5.41, 5.74) is -0.515. The van der Waals surface area contributed by atoms with Crippen LogP contribution in [0.1, 0.15) is 45.4 Å². The summed E-state index contributed by atoms with van der Waals surface area (Å²) in [6.45, 7) is 3.45. The van der Waals surface area contributed by atoms with E-state index in [9.17, 15) is 19.5 Å². The maximum absolute atomic E-state index is 14.3. The van der Waals surface area contributed by atoms with Gasteiger partial charge in [0.25, 0.3) is 0 Å². The Kier molecular flexibility index (Phi) is 7.44. The molecule has 0 bridgehead atoms. The summed E-state index contributed by atoms with van der Waals surface area (Å²) in [5, 5.41) is 9.61. The van der Waals surface area contributed by atoms with Gasteiger partial charge in [0.1, 0.15) is 17.4 Å². The third-order valence-electron chi connectivity index (χ3n) is 9.22. The van der Waals surface area contributed by atoms with Gasteiger partial charge in [-0.1, -0.05) is 43.6 Å². The zero-order valence-electron chi connectivity index (χ0n) is 23.1. The lowest BCUT2D eigenvalue weighted by molar-refractivity contribution is -0.149. The van der Waals surface area contributed by atoms with Crippen LogP contribution < -0.4 is 9.64 Å². The van der Waals surface area contributed by atoms with Crippen molar-refractivity contribution < 1.29 is 29.0 Å². The number of carbonyl (C=O) groups is 3. The number of benzene rings is 1. The minimum atomic E-state index is -1.23. The van der Waals surface area contributed by atoms with Crippen molar-refractivity contribution in [1.82, 2.24) is 9.80 Å². The van der Waals surface area contributed by atoms with E-state index in [2.05, 4.69) is 0 Å². The van der Waals surface area contributed by atoms with E-state index >= 15 is 0 Å². The van der Waals surface area contributed by atoms with Crippen molar-refractivity contribution in [2.24, 2.45) is 11.8 Å². The molecule has 214 valence electrons. The summed E-state index contributed by atoms with van der Waals surface area (Å²) in [6.07, 6.45) is 12.7. The quantitative estimate of drug-likeness (QED) is 0.525. The summed E-state index contributed by atoms with van der Waals surface area (Å²) in [4.78, 5) is 48.0. The van der Waals surface area contributed by atoms with Gasteiger partial charge in [0.05, 0.1) is 24.5 Å². The predicted octanol–water partition coefficient (Wildman–Crippen LogP) is 2.68. The van der Waals surface area contributed by atoms with Crippen molar-refractivity contribution in [3.05, 3.63) is 48.6 Å². The molecule has 1 N–H and O–H groups in total. The van der Waals surface area contributed by atoms with Crippen LogP contribution >= 0.6 is 0 Å². The first-order valence-corrected chi connectivity index (χ1v) is 14.8. The molecule has 0 radical (unpaired) electrons. The van der Waals surface area contributed by atoms with E-state index in [1.54, 1.807) is 9.80 Å². The molecule has 0 aromatic heterocycles. The Bertz CT molecular complexity index is 1190. The van der Waals surface area contributed by atoms with Gasteiger partial charge in [-0.05, 0) is 50.5 Å². The van der Waals surface area contributed by atoms with E-state index in [4.69, 9.17) is 9.47 Å². The van der Waals surface area contributed by atoms with Crippen LogP contribution in [0.4, 0.5) is 5.69 Å². The fraction of sp³-hybridized carbons (Fsp3) is 0.581. The van der Waals surface area contributed by atoms with Crippen LogP contribution in [0.2, 0.25) is 0 Å². The van der Waals surface area contributed by atoms with Gasteiger partial charge >= 0.3 is 0 Å². The Morgan fingerprint density at radius 3 is 2.50 bits per heavy atom. The lowest BCUT2D eigenvalue weighted by Crippen LogP contribution is -2.57. The Hall–Kier alpha value is -3.17. The Labute approximate surface area is 235 Å². The number of aliphatic hydroxyl groups is 1. The van der Waals surface area contributed by atoms with E-state index in [-0.39, 0.29) is 36.9 Å². The fourth-order valence-electron chi connectivity index (χ4n) is 7.48. The molecule has 6 rings (SSSR count). The second kappa shape index (κ2) is 11.0. The first-order chi connectivity index (χ1) is 19.5. The maximum atomic E-state index is 14.3. The number of ether oxygens (including phenoxy) is 2. The van der Waals surface area contributed by atoms with Crippen molar-refractivity contribution in [3.63, 3.8) is 0 Å². The number of hydrogen-bond donors (Lipinski definition) is 1. The van der Waals surface area contributed by atoms with Gasteiger partial charge in [-0.25, -0.2) is 0 Å². The van der Waals surface area contributed by atoms with E-state index in [0.29, 0.717) is 26.1 Å². The molecule has 9 nitrogen and oxygen atoms in total. The van der Waals surface area contributed by atoms with E-state index in [1.165, 1.54) is 6.42 Å². The standard InChI is InChI=1S/C31H39N3O6/c1-2-39-23-14-12-22(13-15-23)32-17-6-11-24-25(28(32)36)26-29(37)34(19-8-20-35)27-30(38)33(21-9-4-3-5-10-21)18-7-16-31(26,27)40-24/h6-7,11-16,21,24-27,35H,2-5,8-10,17-20H2,1H3/t24-,25+,26-,27?,31-/m0/s1. The minimum absolute atomic E-state index is 0.0926. The van der Waals surface area contributed by atoms with Crippen LogP contribution in [0.25, 0.3) is 0 Å². The number of aliphatic hydroxyl groups excluding tert-OH is 1. The highest BCUT2D eigenvalue weighted by Gasteiger charge is 2.71. The summed E-state index contributed by atoms with van der Waals surface area (Å²) in [7, 11) is 0. The number of nitrogens with zero attached hydrogens (tertiary/aromatic N) is 3. The normalized spacial score (nSPS) is 32.1. The van der Waals surface area contributed by atoms with E-state index < -0.39 is 29.6 Å². The maximum Gasteiger partial charge on any atom is 0.249 e. The average Bonchev–Trinajstić information content (AvgIpc) is 3.28. The van der Waals surface area contributed by atoms with Gasteiger partial charge in [-0.2, -0.15) is 0 Å². The first kappa shape index (κ1) is 27.0. The van der Waals surface area contributed by atoms with Crippen molar-refractivity contribution in [2.75, 3.05) is 37.7 Å². The predicted molar refractivity (Wildman–Crippen MR) is 149 cm³/mol. The Balaban J connectivity index is 1.36. The third-order valence-corrected chi connectivity index (χ3v) is 9.22. The molecule has 5 atom stereocenters. The number of carbonyl (C=O) groups excluding carboxylic acids is 3. The smallest absolute Gasteiger partial charge is 0.249 e. The fourth-order valence-corrected chi connectivity index (χ4v) is 7.48. The molecule has 1 aromatic rings. The Morgan fingerprint density at radius 2 is 1.77 bits per heavy atom. The van der Waals surface area contributed by atoms with Crippen LogP contribution in [0.15, 0.2) is 48.6 Å². The molecule has 1 unspecified atom stereocenters. The van der Waals surface area contributed by atoms with E-state index in [0.717, 1.165) is 37.1 Å². The lowest BCUT2D eigenvalue weighted by atomic mass is 9.77. The van der Waals surface area contributed by atoms with E-state index in [1.807, 2.05) is 60.4 Å². The number of fused-ring (bicyclic) bond motifs is 2. The van der Waals surface area contributed by atoms with Crippen molar-refractivity contribution in [3.8, 4) is 5.75 Å². The van der Waals surface area contributed by atoms with Gasteiger partial charge < -0.3 is 29.3 Å². The van der Waals surface area contributed by atoms with Crippen molar-refractivity contribution in [2.45, 2.75) is 69.2 Å². The van der Waals surface area contributed by atoms with Crippen LogP contribution in [0.3, 0.4) is 0 Å². The number of rotatable bonds is 7. The second-order valence-electron chi connectivity index (χ2n) is 11.4. The van der Waals surface area contributed by atoms with Crippen molar-refractivity contribution in [1.29, 1.82) is 0 Å². The average molecular weight is 550 g/mol. The topological polar surface area (TPSA) is 99.6 Å². The summed E-state index contributed by atoms with van der Waals surface area (Å²) in [6, 6.07) is 6.66. The molecule has 9 heteroatoms. The van der Waals surface area contributed by atoms with Crippen LogP contribution in [-0.2, 0) is 19.1 Å². The summed E-state index contributed by atoms with van der Waals surface area (Å²) < 4.78 is 12.3. The molecular formula is C31H39N3O6. The first-order valence-electron chi connectivity index (χ1n) is 14.8.